The molecular formula is C11H8Cl2FN3. The quantitative estimate of drug-likeness (QED) is 0.840. The van der Waals surface area contributed by atoms with Gasteiger partial charge in [-0.25, -0.2) is 14.4 Å². The van der Waals surface area contributed by atoms with E-state index in [1.807, 2.05) is 6.92 Å². The lowest BCUT2D eigenvalue weighted by Crippen LogP contribution is -1.98. The molecule has 88 valence electrons. The second-order valence-electron chi connectivity index (χ2n) is 3.42. The number of halogens is 3. The Bertz CT molecular complexity index is 560. The van der Waals surface area contributed by atoms with Crippen molar-refractivity contribution in [1.82, 2.24) is 9.97 Å². The Kier molecular flexibility index (Phi) is 3.45. The molecule has 1 N–H and O–H groups in total. The number of aromatic nitrogens is 2. The van der Waals surface area contributed by atoms with Crippen LogP contribution in [0, 0.1) is 12.7 Å². The van der Waals surface area contributed by atoms with Crippen LogP contribution >= 0.6 is 23.2 Å². The SMILES string of the molecule is Cc1cnc(Cl)nc1Nc1ccc(F)c(Cl)c1. The van der Waals surface area contributed by atoms with Gasteiger partial charge in [-0.3, -0.25) is 0 Å². The molecule has 3 nitrogen and oxygen atoms in total. The van der Waals surface area contributed by atoms with Crippen LogP contribution in [-0.4, -0.2) is 9.97 Å². The predicted molar refractivity (Wildman–Crippen MR) is 66.5 cm³/mol. The molecule has 0 saturated carbocycles. The molecule has 0 bridgehead atoms. The molecule has 0 fully saturated rings. The second-order valence-corrected chi connectivity index (χ2v) is 4.17. The van der Waals surface area contributed by atoms with E-state index in [1.54, 1.807) is 12.3 Å². The smallest absolute Gasteiger partial charge is 0.224 e. The third-order valence-electron chi connectivity index (χ3n) is 2.12. The van der Waals surface area contributed by atoms with Gasteiger partial charge in [0.15, 0.2) is 0 Å². The standard InChI is InChI=1S/C11H8Cl2FN3/c1-6-5-15-11(13)17-10(6)16-7-2-3-9(14)8(12)4-7/h2-5H,1H3,(H,15,16,17). The third-order valence-corrected chi connectivity index (χ3v) is 2.60. The fourth-order valence-corrected chi connectivity index (χ4v) is 1.57. The number of benzene rings is 1. The minimum atomic E-state index is -0.463. The van der Waals surface area contributed by atoms with Gasteiger partial charge < -0.3 is 5.32 Å². The van der Waals surface area contributed by atoms with Crippen molar-refractivity contribution >= 4 is 34.7 Å². The Morgan fingerprint density at radius 3 is 2.76 bits per heavy atom. The summed E-state index contributed by atoms with van der Waals surface area (Å²) in [4.78, 5) is 7.87. The summed E-state index contributed by atoms with van der Waals surface area (Å²) in [5.41, 5.74) is 1.46. The molecule has 0 aliphatic rings. The normalized spacial score (nSPS) is 10.4. The van der Waals surface area contributed by atoms with Crippen LogP contribution in [0.2, 0.25) is 10.3 Å². The first-order valence-corrected chi connectivity index (χ1v) is 5.53. The molecule has 1 aromatic carbocycles. The first-order chi connectivity index (χ1) is 8.06. The van der Waals surface area contributed by atoms with Crippen molar-refractivity contribution in [3.05, 3.63) is 46.1 Å². The van der Waals surface area contributed by atoms with E-state index in [2.05, 4.69) is 15.3 Å². The molecule has 0 spiro atoms. The molecule has 0 saturated heterocycles. The minimum Gasteiger partial charge on any atom is -0.340 e. The summed E-state index contributed by atoms with van der Waals surface area (Å²) in [7, 11) is 0. The van der Waals surface area contributed by atoms with Gasteiger partial charge in [0.05, 0.1) is 5.02 Å². The zero-order valence-corrected chi connectivity index (χ0v) is 10.3. The predicted octanol–water partition coefficient (Wildman–Crippen LogP) is 3.97. The highest BCUT2D eigenvalue weighted by Crippen LogP contribution is 2.23. The van der Waals surface area contributed by atoms with Crippen LogP contribution in [0.1, 0.15) is 5.56 Å². The van der Waals surface area contributed by atoms with Crippen molar-refractivity contribution in [3.63, 3.8) is 0 Å². The molecule has 0 radical (unpaired) electrons. The lowest BCUT2D eigenvalue weighted by atomic mass is 10.3. The zero-order chi connectivity index (χ0) is 12.4. The third kappa shape index (κ3) is 2.84. The van der Waals surface area contributed by atoms with Crippen molar-refractivity contribution in [2.75, 3.05) is 5.32 Å². The lowest BCUT2D eigenvalue weighted by molar-refractivity contribution is 0.628. The van der Waals surface area contributed by atoms with Crippen LogP contribution < -0.4 is 5.32 Å². The molecule has 1 aromatic heterocycles. The van der Waals surface area contributed by atoms with Gasteiger partial charge in [0.2, 0.25) is 5.28 Å². The lowest BCUT2D eigenvalue weighted by Gasteiger charge is -2.08. The summed E-state index contributed by atoms with van der Waals surface area (Å²) in [5, 5.41) is 3.19. The van der Waals surface area contributed by atoms with Crippen LogP contribution in [0.15, 0.2) is 24.4 Å². The van der Waals surface area contributed by atoms with E-state index in [9.17, 15) is 4.39 Å². The summed E-state index contributed by atoms with van der Waals surface area (Å²) in [6, 6.07) is 4.33. The largest absolute Gasteiger partial charge is 0.340 e. The molecule has 17 heavy (non-hydrogen) atoms. The zero-order valence-electron chi connectivity index (χ0n) is 8.84. The van der Waals surface area contributed by atoms with E-state index in [-0.39, 0.29) is 10.3 Å². The highest BCUT2D eigenvalue weighted by molar-refractivity contribution is 6.31. The molecule has 6 heteroatoms. The first kappa shape index (κ1) is 12.1. The van der Waals surface area contributed by atoms with Crippen LogP contribution in [0.5, 0.6) is 0 Å². The summed E-state index contributed by atoms with van der Waals surface area (Å²) in [5.74, 6) is 0.0994. The van der Waals surface area contributed by atoms with Gasteiger partial charge in [0, 0.05) is 17.4 Å². The number of hydrogen-bond donors (Lipinski definition) is 1. The fourth-order valence-electron chi connectivity index (χ4n) is 1.26. The minimum absolute atomic E-state index is 0.0489. The van der Waals surface area contributed by atoms with Gasteiger partial charge in [-0.15, -0.1) is 0 Å². The number of aryl methyl sites for hydroxylation is 1. The molecule has 1 heterocycles. The maximum Gasteiger partial charge on any atom is 0.224 e. The maximum absolute atomic E-state index is 13.0. The highest BCUT2D eigenvalue weighted by Gasteiger charge is 2.05. The van der Waals surface area contributed by atoms with Crippen molar-refractivity contribution in [2.45, 2.75) is 6.92 Å². The van der Waals surface area contributed by atoms with E-state index in [1.165, 1.54) is 12.1 Å². The molecule has 0 unspecified atom stereocenters. The summed E-state index contributed by atoms with van der Waals surface area (Å²) in [6.07, 6.45) is 1.60. The number of nitrogens with zero attached hydrogens (tertiary/aromatic N) is 2. The molecular weight excluding hydrogens is 264 g/mol. The summed E-state index contributed by atoms with van der Waals surface area (Å²) >= 11 is 11.4. The Morgan fingerprint density at radius 1 is 1.29 bits per heavy atom. The monoisotopic (exact) mass is 271 g/mol. The average Bonchev–Trinajstić information content (AvgIpc) is 2.29. The molecule has 2 rings (SSSR count). The van der Waals surface area contributed by atoms with Crippen molar-refractivity contribution in [1.29, 1.82) is 0 Å². The van der Waals surface area contributed by atoms with E-state index < -0.39 is 5.82 Å². The second kappa shape index (κ2) is 4.85. The number of nitrogens with one attached hydrogen (secondary N) is 1. The highest BCUT2D eigenvalue weighted by atomic mass is 35.5. The maximum atomic E-state index is 13.0. The molecule has 0 atom stereocenters. The van der Waals surface area contributed by atoms with E-state index in [0.29, 0.717) is 11.5 Å². The van der Waals surface area contributed by atoms with Crippen LogP contribution in [0.3, 0.4) is 0 Å². The first-order valence-electron chi connectivity index (χ1n) is 4.77. The average molecular weight is 272 g/mol. The van der Waals surface area contributed by atoms with Crippen molar-refractivity contribution in [3.8, 4) is 0 Å². The Hall–Kier alpha value is -1.39. The Labute approximate surface area is 108 Å². The molecule has 2 aromatic rings. The summed E-state index contributed by atoms with van der Waals surface area (Å²) in [6.45, 7) is 1.84. The molecule has 0 aliphatic carbocycles. The van der Waals surface area contributed by atoms with E-state index in [4.69, 9.17) is 23.2 Å². The topological polar surface area (TPSA) is 37.8 Å². The van der Waals surface area contributed by atoms with Crippen LogP contribution in [-0.2, 0) is 0 Å². The van der Waals surface area contributed by atoms with Gasteiger partial charge in [-0.05, 0) is 36.7 Å². The summed E-state index contributed by atoms with van der Waals surface area (Å²) < 4.78 is 13.0. The number of hydrogen-bond acceptors (Lipinski definition) is 3. The number of anilines is 2. The number of rotatable bonds is 2. The van der Waals surface area contributed by atoms with Crippen molar-refractivity contribution in [2.24, 2.45) is 0 Å². The van der Waals surface area contributed by atoms with Crippen molar-refractivity contribution < 1.29 is 4.39 Å². The van der Waals surface area contributed by atoms with Gasteiger partial charge in [-0.2, -0.15) is 0 Å². The van der Waals surface area contributed by atoms with Gasteiger partial charge in [0.1, 0.15) is 11.6 Å². The Balaban J connectivity index is 2.31. The van der Waals surface area contributed by atoms with E-state index in [0.717, 1.165) is 5.56 Å². The van der Waals surface area contributed by atoms with Crippen LogP contribution in [0.25, 0.3) is 0 Å². The molecule has 0 amide bonds. The fraction of sp³-hybridized carbons (Fsp3) is 0.0909. The van der Waals surface area contributed by atoms with Crippen LogP contribution in [0.4, 0.5) is 15.9 Å². The molecule has 0 aliphatic heterocycles. The van der Waals surface area contributed by atoms with Gasteiger partial charge in [-0.1, -0.05) is 11.6 Å². The Morgan fingerprint density at radius 2 is 2.06 bits per heavy atom. The van der Waals surface area contributed by atoms with E-state index >= 15 is 0 Å². The van der Waals surface area contributed by atoms with Gasteiger partial charge >= 0.3 is 0 Å². The van der Waals surface area contributed by atoms with Gasteiger partial charge in [0.25, 0.3) is 0 Å².